The molecule has 1 atom stereocenters. The standard InChI is InChI=1S/C11H15ClFNS/c1-8(15-2)6-14-7-9-4-3-5-10(12)11(9)13/h3-5,8,14H,6-7H2,1-2H3. The molecule has 0 aromatic heterocycles. The molecule has 0 heterocycles. The van der Waals surface area contributed by atoms with E-state index in [1.54, 1.807) is 30.0 Å². The van der Waals surface area contributed by atoms with E-state index in [-0.39, 0.29) is 10.8 Å². The van der Waals surface area contributed by atoms with Crippen molar-refractivity contribution in [1.29, 1.82) is 0 Å². The van der Waals surface area contributed by atoms with Crippen LogP contribution in [0.2, 0.25) is 5.02 Å². The van der Waals surface area contributed by atoms with Gasteiger partial charge in [0.25, 0.3) is 0 Å². The fourth-order valence-corrected chi connectivity index (χ4v) is 1.66. The van der Waals surface area contributed by atoms with Crippen LogP contribution < -0.4 is 5.32 Å². The summed E-state index contributed by atoms with van der Waals surface area (Å²) in [5, 5.41) is 3.92. The highest BCUT2D eigenvalue weighted by Crippen LogP contribution is 2.17. The van der Waals surface area contributed by atoms with Crippen LogP contribution in [-0.4, -0.2) is 18.1 Å². The molecule has 1 rings (SSSR count). The first-order chi connectivity index (χ1) is 7.15. The largest absolute Gasteiger partial charge is 0.311 e. The third-order valence-electron chi connectivity index (χ3n) is 2.18. The number of rotatable bonds is 5. The van der Waals surface area contributed by atoms with E-state index in [1.165, 1.54) is 0 Å². The summed E-state index contributed by atoms with van der Waals surface area (Å²) in [7, 11) is 0. The van der Waals surface area contributed by atoms with Crippen LogP contribution in [0.15, 0.2) is 18.2 Å². The van der Waals surface area contributed by atoms with Crippen molar-refractivity contribution >= 4 is 23.4 Å². The Kier molecular flexibility index (Phi) is 5.43. The van der Waals surface area contributed by atoms with Crippen LogP contribution in [-0.2, 0) is 6.54 Å². The van der Waals surface area contributed by atoms with Crippen LogP contribution in [0.1, 0.15) is 12.5 Å². The summed E-state index contributed by atoms with van der Waals surface area (Å²) in [6.07, 6.45) is 2.06. The number of benzene rings is 1. The summed E-state index contributed by atoms with van der Waals surface area (Å²) in [6, 6.07) is 5.07. The van der Waals surface area contributed by atoms with Crippen LogP contribution in [0.5, 0.6) is 0 Å². The van der Waals surface area contributed by atoms with Crippen LogP contribution in [0, 0.1) is 5.82 Å². The molecule has 1 N–H and O–H groups in total. The van der Waals surface area contributed by atoms with Gasteiger partial charge >= 0.3 is 0 Å². The molecule has 15 heavy (non-hydrogen) atoms. The summed E-state index contributed by atoms with van der Waals surface area (Å²) in [4.78, 5) is 0. The Morgan fingerprint density at radius 1 is 1.53 bits per heavy atom. The van der Waals surface area contributed by atoms with Crippen molar-refractivity contribution in [3.63, 3.8) is 0 Å². The molecule has 0 fully saturated rings. The van der Waals surface area contributed by atoms with E-state index in [2.05, 4.69) is 18.5 Å². The van der Waals surface area contributed by atoms with Crippen molar-refractivity contribution in [3.05, 3.63) is 34.6 Å². The van der Waals surface area contributed by atoms with Gasteiger partial charge in [-0.2, -0.15) is 11.8 Å². The first-order valence-corrected chi connectivity index (χ1v) is 6.48. The van der Waals surface area contributed by atoms with Gasteiger partial charge in [-0.3, -0.25) is 0 Å². The minimum Gasteiger partial charge on any atom is -0.311 e. The zero-order chi connectivity index (χ0) is 11.3. The maximum absolute atomic E-state index is 13.4. The lowest BCUT2D eigenvalue weighted by molar-refractivity contribution is 0.588. The van der Waals surface area contributed by atoms with Crippen LogP contribution in [0.4, 0.5) is 4.39 Å². The van der Waals surface area contributed by atoms with Crippen molar-refractivity contribution in [2.24, 2.45) is 0 Å². The van der Waals surface area contributed by atoms with Gasteiger partial charge in [-0.25, -0.2) is 4.39 Å². The summed E-state index contributed by atoms with van der Waals surface area (Å²) >= 11 is 7.46. The molecule has 0 aliphatic carbocycles. The van der Waals surface area contributed by atoms with Gasteiger partial charge in [0, 0.05) is 23.9 Å². The molecule has 0 bridgehead atoms. The molecule has 0 saturated heterocycles. The van der Waals surface area contributed by atoms with Gasteiger partial charge in [0.1, 0.15) is 5.82 Å². The maximum Gasteiger partial charge on any atom is 0.146 e. The van der Waals surface area contributed by atoms with Gasteiger partial charge in [-0.15, -0.1) is 0 Å². The predicted octanol–water partition coefficient (Wildman–Crippen LogP) is 3.32. The molecule has 0 radical (unpaired) electrons. The maximum atomic E-state index is 13.4. The molecule has 0 aliphatic rings. The fraction of sp³-hybridized carbons (Fsp3) is 0.455. The molecule has 4 heteroatoms. The topological polar surface area (TPSA) is 12.0 Å². The van der Waals surface area contributed by atoms with E-state index in [9.17, 15) is 4.39 Å². The zero-order valence-corrected chi connectivity index (χ0v) is 10.5. The highest BCUT2D eigenvalue weighted by Gasteiger charge is 2.06. The van der Waals surface area contributed by atoms with Crippen molar-refractivity contribution in [3.8, 4) is 0 Å². The van der Waals surface area contributed by atoms with Crippen LogP contribution >= 0.6 is 23.4 Å². The van der Waals surface area contributed by atoms with E-state index in [1.807, 2.05) is 0 Å². The highest BCUT2D eigenvalue weighted by atomic mass is 35.5. The van der Waals surface area contributed by atoms with Gasteiger partial charge in [-0.1, -0.05) is 30.7 Å². The number of nitrogens with one attached hydrogen (secondary N) is 1. The summed E-state index contributed by atoms with van der Waals surface area (Å²) in [5.74, 6) is -0.316. The lowest BCUT2D eigenvalue weighted by Gasteiger charge is -2.10. The molecule has 1 nitrogen and oxygen atoms in total. The SMILES string of the molecule is CSC(C)CNCc1cccc(Cl)c1F. The normalized spacial score (nSPS) is 12.8. The Bertz CT molecular complexity index is 319. The van der Waals surface area contributed by atoms with Crippen molar-refractivity contribution in [2.75, 3.05) is 12.8 Å². The molecular formula is C11H15ClFNS. The van der Waals surface area contributed by atoms with Crippen molar-refractivity contribution in [1.82, 2.24) is 5.32 Å². The monoisotopic (exact) mass is 247 g/mol. The quantitative estimate of drug-likeness (QED) is 0.857. The Hall–Kier alpha value is -0.250. The van der Waals surface area contributed by atoms with Gasteiger partial charge in [-0.05, 0) is 12.3 Å². The first kappa shape index (κ1) is 12.8. The third-order valence-corrected chi connectivity index (χ3v) is 3.44. The second-order valence-corrected chi connectivity index (χ2v) is 5.07. The van der Waals surface area contributed by atoms with Gasteiger partial charge in [0.2, 0.25) is 0 Å². The number of halogens is 2. The molecule has 0 spiro atoms. The van der Waals surface area contributed by atoms with Crippen LogP contribution in [0.25, 0.3) is 0 Å². The Labute approximate surface area is 99.4 Å². The predicted molar refractivity (Wildman–Crippen MR) is 66.1 cm³/mol. The zero-order valence-electron chi connectivity index (χ0n) is 8.89. The Morgan fingerprint density at radius 3 is 2.93 bits per heavy atom. The van der Waals surface area contributed by atoms with E-state index < -0.39 is 0 Å². The third kappa shape index (κ3) is 4.01. The average molecular weight is 248 g/mol. The van der Waals surface area contributed by atoms with Crippen LogP contribution in [0.3, 0.4) is 0 Å². The van der Waals surface area contributed by atoms with Gasteiger partial charge in [0.05, 0.1) is 5.02 Å². The lowest BCUT2D eigenvalue weighted by Crippen LogP contribution is -2.22. The van der Waals surface area contributed by atoms with E-state index >= 15 is 0 Å². The molecule has 0 aliphatic heterocycles. The second-order valence-electron chi connectivity index (χ2n) is 3.39. The minimum absolute atomic E-state index is 0.187. The van der Waals surface area contributed by atoms with Gasteiger partial charge in [0.15, 0.2) is 0 Å². The summed E-state index contributed by atoms with van der Waals surface area (Å²) in [6.45, 7) is 3.52. The molecule has 1 unspecified atom stereocenters. The van der Waals surface area contributed by atoms with E-state index in [0.717, 1.165) is 6.54 Å². The first-order valence-electron chi connectivity index (χ1n) is 4.81. The van der Waals surface area contributed by atoms with E-state index in [4.69, 9.17) is 11.6 Å². The lowest BCUT2D eigenvalue weighted by atomic mass is 10.2. The molecular weight excluding hydrogens is 233 g/mol. The molecule has 0 saturated carbocycles. The molecule has 1 aromatic carbocycles. The molecule has 1 aromatic rings. The van der Waals surface area contributed by atoms with Gasteiger partial charge < -0.3 is 5.32 Å². The van der Waals surface area contributed by atoms with Crippen molar-refractivity contribution < 1.29 is 4.39 Å². The Balaban J connectivity index is 2.47. The minimum atomic E-state index is -0.316. The summed E-state index contributed by atoms with van der Waals surface area (Å²) in [5.41, 5.74) is 0.621. The smallest absolute Gasteiger partial charge is 0.146 e. The van der Waals surface area contributed by atoms with E-state index in [0.29, 0.717) is 17.4 Å². The second kappa shape index (κ2) is 6.36. The molecule has 84 valence electrons. The summed E-state index contributed by atoms with van der Waals surface area (Å²) < 4.78 is 13.4. The number of thioether (sulfide) groups is 1. The fourth-order valence-electron chi connectivity index (χ4n) is 1.18. The highest BCUT2D eigenvalue weighted by molar-refractivity contribution is 7.99. The molecule has 0 amide bonds. The average Bonchev–Trinajstić information content (AvgIpc) is 2.24. The van der Waals surface area contributed by atoms with Crippen molar-refractivity contribution in [2.45, 2.75) is 18.7 Å². The Morgan fingerprint density at radius 2 is 2.27 bits per heavy atom. The number of hydrogen-bond donors (Lipinski definition) is 1. The number of hydrogen-bond acceptors (Lipinski definition) is 2.